The molecule has 5 fully saturated rings. The van der Waals surface area contributed by atoms with E-state index in [2.05, 4.69) is 0 Å². The van der Waals surface area contributed by atoms with E-state index in [0.717, 1.165) is 5.56 Å². The number of hydrogen-bond acceptors (Lipinski definition) is 22. The maximum atomic E-state index is 11.6. The molecule has 2 aromatic carbocycles. The first kappa shape index (κ1) is 42.1. The predicted octanol–water partition coefficient (Wildman–Crippen LogP) is -3.95. The van der Waals surface area contributed by atoms with Gasteiger partial charge in [0.05, 0.1) is 45.2 Å². The average Bonchev–Trinajstić information content (AvgIpc) is 4.08. The van der Waals surface area contributed by atoms with Crippen LogP contribution in [0.15, 0.2) is 30.3 Å². The molecule has 10 N–H and O–H groups in total. The van der Waals surface area contributed by atoms with Crippen molar-refractivity contribution in [1.29, 1.82) is 0 Å². The molecule has 0 saturated carbocycles. The predicted molar refractivity (Wildman–Crippen MR) is 189 cm³/mol. The molecule has 0 radical (unpaired) electrons. The Labute approximate surface area is 340 Å². The quantitative estimate of drug-likeness (QED) is 0.103. The SMILES string of the molecule is OC[C@H]1O[C@@H](OC[C@H]2O[C@@H](Oc3cc4c(cc3[C@H]3OC[C@H]5[C@@H]3CO[C@@H]5c3ccc5c(c3)OCO5)OCO4)[C@H](O[C@@H]3O[C@H](CO)[C@@H](O)[C@H](O)[C@H]3O)[C@@H](O)[C@@H]2O)[C@H](O)[C@@H](O)[C@@H]1O. The Morgan fingerprint density at radius 1 is 0.533 bits per heavy atom. The van der Waals surface area contributed by atoms with Crippen molar-refractivity contribution in [3.8, 4) is 28.7 Å². The molecule has 60 heavy (non-hydrogen) atoms. The van der Waals surface area contributed by atoms with E-state index in [4.69, 9.17) is 56.8 Å². The number of benzene rings is 2. The van der Waals surface area contributed by atoms with Crippen LogP contribution in [0.2, 0.25) is 0 Å². The molecule has 7 aliphatic heterocycles. The van der Waals surface area contributed by atoms with Crippen molar-refractivity contribution in [2.24, 2.45) is 11.8 Å². The number of fused-ring (bicyclic) bond motifs is 3. The van der Waals surface area contributed by atoms with Crippen LogP contribution in [0.3, 0.4) is 0 Å². The molecule has 22 nitrogen and oxygen atoms in total. The monoisotopic (exact) mass is 856 g/mol. The second-order valence-corrected chi connectivity index (χ2v) is 15.7. The fourth-order valence-electron chi connectivity index (χ4n) is 8.70. The second kappa shape index (κ2) is 17.1. The van der Waals surface area contributed by atoms with Crippen molar-refractivity contribution >= 4 is 0 Å². The number of aliphatic hydroxyl groups is 10. The topological polar surface area (TPSA) is 313 Å². The highest BCUT2D eigenvalue weighted by Crippen LogP contribution is 2.54. The van der Waals surface area contributed by atoms with Gasteiger partial charge in [-0.2, -0.15) is 0 Å². The summed E-state index contributed by atoms with van der Waals surface area (Å²) in [7, 11) is 0. The minimum Gasteiger partial charge on any atom is -0.461 e. The van der Waals surface area contributed by atoms with Gasteiger partial charge in [-0.3, -0.25) is 0 Å². The third kappa shape index (κ3) is 7.55. The van der Waals surface area contributed by atoms with Crippen LogP contribution < -0.4 is 23.7 Å². The van der Waals surface area contributed by atoms with Gasteiger partial charge in [0.25, 0.3) is 0 Å². The van der Waals surface area contributed by atoms with E-state index in [1.807, 2.05) is 18.2 Å². The fraction of sp³-hybridized carbons (Fsp3) is 0.684. The molecule has 0 aromatic heterocycles. The molecule has 5 saturated heterocycles. The second-order valence-electron chi connectivity index (χ2n) is 15.7. The van der Waals surface area contributed by atoms with E-state index in [1.165, 1.54) is 6.07 Å². The first-order chi connectivity index (χ1) is 28.9. The number of rotatable bonds is 11. The van der Waals surface area contributed by atoms with Gasteiger partial charge in [-0.15, -0.1) is 0 Å². The van der Waals surface area contributed by atoms with Crippen molar-refractivity contribution in [2.45, 2.75) is 104 Å². The Morgan fingerprint density at radius 3 is 1.77 bits per heavy atom. The molecule has 9 rings (SSSR count). The van der Waals surface area contributed by atoms with Crippen LogP contribution in [0.1, 0.15) is 23.3 Å². The van der Waals surface area contributed by atoms with Gasteiger partial charge in [0, 0.05) is 23.5 Å². The van der Waals surface area contributed by atoms with Crippen LogP contribution in [0, 0.1) is 11.8 Å². The summed E-state index contributed by atoms with van der Waals surface area (Å²) in [4.78, 5) is 0. The zero-order chi connectivity index (χ0) is 42.0. The van der Waals surface area contributed by atoms with E-state index in [1.54, 1.807) is 6.07 Å². The molecular weight excluding hydrogens is 808 g/mol. The van der Waals surface area contributed by atoms with Crippen LogP contribution >= 0.6 is 0 Å². The fourth-order valence-corrected chi connectivity index (χ4v) is 8.70. The molecule has 0 unspecified atom stereocenters. The van der Waals surface area contributed by atoms with E-state index in [0.29, 0.717) is 36.0 Å². The zero-order valence-corrected chi connectivity index (χ0v) is 31.7. The maximum absolute atomic E-state index is 11.6. The zero-order valence-electron chi connectivity index (χ0n) is 31.7. The van der Waals surface area contributed by atoms with Gasteiger partial charge >= 0.3 is 0 Å². The lowest BCUT2D eigenvalue weighted by atomic mass is 9.84. The lowest BCUT2D eigenvalue weighted by Crippen LogP contribution is -2.65. The molecule has 22 heteroatoms. The summed E-state index contributed by atoms with van der Waals surface area (Å²) < 4.78 is 70.5. The van der Waals surface area contributed by atoms with Crippen molar-refractivity contribution in [3.05, 3.63) is 41.5 Å². The number of aliphatic hydroxyl groups excluding tert-OH is 10. The molecule has 19 atom stereocenters. The Balaban J connectivity index is 1.00. The highest BCUT2D eigenvalue weighted by atomic mass is 16.8. The molecule has 7 heterocycles. The van der Waals surface area contributed by atoms with Gasteiger partial charge in [-0.1, -0.05) is 6.07 Å². The lowest BCUT2D eigenvalue weighted by molar-refractivity contribution is -0.363. The average molecular weight is 857 g/mol. The molecular formula is C38H48O22. The van der Waals surface area contributed by atoms with Crippen LogP contribution in [0.5, 0.6) is 28.7 Å². The van der Waals surface area contributed by atoms with Gasteiger partial charge < -0.3 is 108 Å². The molecule has 332 valence electrons. The maximum Gasteiger partial charge on any atom is 0.231 e. The van der Waals surface area contributed by atoms with E-state index < -0.39 is 118 Å². The minimum absolute atomic E-state index is 0.0982. The van der Waals surface area contributed by atoms with E-state index >= 15 is 0 Å². The van der Waals surface area contributed by atoms with Crippen LogP contribution in [-0.4, -0.2) is 190 Å². The summed E-state index contributed by atoms with van der Waals surface area (Å²) >= 11 is 0. The van der Waals surface area contributed by atoms with Crippen LogP contribution in [0.4, 0.5) is 0 Å². The molecule has 0 amide bonds. The summed E-state index contributed by atoms with van der Waals surface area (Å²) in [5, 5.41) is 105. The Bertz CT molecular complexity index is 1810. The Morgan fingerprint density at radius 2 is 1.08 bits per heavy atom. The van der Waals surface area contributed by atoms with Crippen molar-refractivity contribution in [1.82, 2.24) is 0 Å². The summed E-state index contributed by atoms with van der Waals surface area (Å²) in [6, 6.07) is 8.82. The van der Waals surface area contributed by atoms with Gasteiger partial charge in [0.15, 0.2) is 41.7 Å². The summed E-state index contributed by atoms with van der Waals surface area (Å²) in [5.41, 5.74) is 1.35. The normalized spacial score (nSPS) is 43.3. The summed E-state index contributed by atoms with van der Waals surface area (Å²) in [6.07, 6.45) is -26.5. The third-order valence-corrected chi connectivity index (χ3v) is 12.1. The lowest BCUT2D eigenvalue weighted by Gasteiger charge is -2.46. The van der Waals surface area contributed by atoms with E-state index in [-0.39, 0.29) is 43.0 Å². The third-order valence-electron chi connectivity index (χ3n) is 12.1. The Kier molecular flexibility index (Phi) is 12.0. The van der Waals surface area contributed by atoms with Crippen molar-refractivity contribution < 1.29 is 108 Å². The van der Waals surface area contributed by atoms with Crippen molar-refractivity contribution in [2.75, 3.05) is 46.6 Å². The smallest absolute Gasteiger partial charge is 0.231 e. The first-order valence-electron chi connectivity index (χ1n) is 19.6. The number of hydrogen-bond donors (Lipinski definition) is 10. The highest BCUT2D eigenvalue weighted by molar-refractivity contribution is 5.53. The number of ether oxygens (including phenoxy) is 12. The Hall–Kier alpha value is -3.24. The molecule has 2 aromatic rings. The standard InChI is InChI=1S/C38H48O22/c39-6-22-25(41)28(44)31(47)36(57-22)51-10-24-27(43)30(46)35(60-37-32(48)29(45)26(42)23(7-40)58-37)38(59-24)56-18-5-21-20(54-12-55-21)4-14(18)34-16-9-49-33(15(16)8-50-34)13-1-2-17-19(3-13)53-11-52-17/h1-5,15-16,22-48H,6-12H2/t15-,16-,22+,23+,24+,25+,26+,27+,28-,29-,30-,31+,32+,33+,34+,35+,36+,37-,38+/m0/s1. The van der Waals surface area contributed by atoms with Gasteiger partial charge in [-0.05, 0) is 23.8 Å². The van der Waals surface area contributed by atoms with Crippen LogP contribution in [-0.2, 0) is 33.2 Å². The van der Waals surface area contributed by atoms with E-state index in [9.17, 15) is 51.1 Å². The molecule has 7 aliphatic rings. The van der Waals surface area contributed by atoms with Gasteiger partial charge in [-0.25, -0.2) is 0 Å². The molecule has 0 bridgehead atoms. The van der Waals surface area contributed by atoms with Gasteiger partial charge in [0.1, 0.15) is 72.9 Å². The first-order valence-corrected chi connectivity index (χ1v) is 19.6. The summed E-state index contributed by atoms with van der Waals surface area (Å²) in [6.45, 7) is -1.52. The summed E-state index contributed by atoms with van der Waals surface area (Å²) in [5.74, 6) is 1.70. The molecule has 0 aliphatic carbocycles. The highest BCUT2D eigenvalue weighted by Gasteiger charge is 2.54. The minimum atomic E-state index is -1.92. The van der Waals surface area contributed by atoms with Gasteiger partial charge in [0.2, 0.25) is 19.9 Å². The van der Waals surface area contributed by atoms with Crippen LogP contribution in [0.25, 0.3) is 0 Å². The largest absolute Gasteiger partial charge is 0.461 e. The van der Waals surface area contributed by atoms with Crippen molar-refractivity contribution in [3.63, 3.8) is 0 Å². The molecule has 0 spiro atoms.